The lowest BCUT2D eigenvalue weighted by atomic mass is 10.2. The second-order valence-electron chi connectivity index (χ2n) is 5.39. The van der Waals surface area contributed by atoms with Gasteiger partial charge in [-0.15, -0.1) is 0 Å². The van der Waals surface area contributed by atoms with Crippen molar-refractivity contribution in [2.24, 2.45) is 0 Å². The average Bonchev–Trinajstić information content (AvgIpc) is 2.50. The van der Waals surface area contributed by atoms with Gasteiger partial charge in [-0.2, -0.15) is 0 Å². The molecule has 4 nitrogen and oxygen atoms in total. The number of ether oxygens (including phenoxy) is 1. The first-order chi connectivity index (χ1) is 11.0. The van der Waals surface area contributed by atoms with Crippen molar-refractivity contribution in [2.75, 3.05) is 24.3 Å². The van der Waals surface area contributed by atoms with E-state index >= 15 is 0 Å². The van der Waals surface area contributed by atoms with Crippen LogP contribution in [0.3, 0.4) is 0 Å². The zero-order valence-electron chi connectivity index (χ0n) is 13.6. The number of benzene rings is 2. The Balaban J connectivity index is 1.89. The molecule has 2 rings (SSSR count). The second kappa shape index (κ2) is 8.02. The molecular weight excluding hydrogens is 356 g/mol. The highest BCUT2D eigenvalue weighted by molar-refractivity contribution is 9.10. The molecule has 0 saturated heterocycles. The minimum Gasteiger partial charge on any atom is -0.495 e. The van der Waals surface area contributed by atoms with E-state index in [9.17, 15) is 4.79 Å². The van der Waals surface area contributed by atoms with Crippen LogP contribution in [0.2, 0.25) is 0 Å². The topological polar surface area (TPSA) is 50.4 Å². The number of hydrogen-bond acceptors (Lipinski definition) is 3. The maximum atomic E-state index is 12.1. The summed E-state index contributed by atoms with van der Waals surface area (Å²) in [7, 11) is 1.64. The number of aryl methyl sites for hydroxylation is 2. The Hall–Kier alpha value is -2.01. The molecule has 0 aliphatic heterocycles. The number of methoxy groups -OCH3 is 1. The van der Waals surface area contributed by atoms with E-state index in [0.29, 0.717) is 13.0 Å². The first kappa shape index (κ1) is 17.3. The fourth-order valence-corrected chi connectivity index (χ4v) is 2.73. The molecule has 0 bridgehead atoms. The van der Waals surface area contributed by atoms with Crippen molar-refractivity contribution in [1.82, 2.24) is 0 Å². The molecule has 0 spiro atoms. The summed E-state index contributed by atoms with van der Waals surface area (Å²) >= 11 is 3.42. The lowest BCUT2D eigenvalue weighted by molar-refractivity contribution is -0.115. The van der Waals surface area contributed by atoms with Crippen LogP contribution in [0, 0.1) is 13.8 Å². The van der Waals surface area contributed by atoms with Crippen LogP contribution in [0.5, 0.6) is 5.75 Å². The summed E-state index contributed by atoms with van der Waals surface area (Å²) in [6.07, 6.45) is 0.382. The lowest BCUT2D eigenvalue weighted by Gasteiger charge is -2.12. The van der Waals surface area contributed by atoms with Crippen molar-refractivity contribution in [3.63, 3.8) is 0 Å². The van der Waals surface area contributed by atoms with Crippen LogP contribution in [0.1, 0.15) is 17.5 Å². The van der Waals surface area contributed by atoms with Gasteiger partial charge in [0.05, 0.1) is 12.8 Å². The van der Waals surface area contributed by atoms with Crippen molar-refractivity contribution < 1.29 is 9.53 Å². The number of carbonyl (C=O) groups is 1. The first-order valence-corrected chi connectivity index (χ1v) is 8.23. The van der Waals surface area contributed by atoms with Crippen molar-refractivity contribution >= 4 is 33.2 Å². The minimum atomic E-state index is -0.0189. The summed E-state index contributed by atoms with van der Waals surface area (Å²) in [6, 6.07) is 11.7. The fourth-order valence-electron chi connectivity index (χ4n) is 2.25. The van der Waals surface area contributed by atoms with E-state index in [2.05, 4.69) is 26.6 Å². The Bertz CT molecular complexity index is 701. The summed E-state index contributed by atoms with van der Waals surface area (Å²) < 4.78 is 6.31. The van der Waals surface area contributed by atoms with Gasteiger partial charge in [0.15, 0.2) is 0 Å². The van der Waals surface area contributed by atoms with Crippen LogP contribution in [0.15, 0.2) is 40.9 Å². The largest absolute Gasteiger partial charge is 0.495 e. The van der Waals surface area contributed by atoms with Crippen molar-refractivity contribution in [1.29, 1.82) is 0 Å². The van der Waals surface area contributed by atoms with Gasteiger partial charge in [0, 0.05) is 23.1 Å². The van der Waals surface area contributed by atoms with Crippen LogP contribution in [-0.2, 0) is 4.79 Å². The van der Waals surface area contributed by atoms with Gasteiger partial charge < -0.3 is 15.4 Å². The number of rotatable bonds is 6. The molecule has 0 atom stereocenters. The van der Waals surface area contributed by atoms with E-state index < -0.39 is 0 Å². The smallest absolute Gasteiger partial charge is 0.226 e. The van der Waals surface area contributed by atoms with Crippen LogP contribution >= 0.6 is 15.9 Å². The summed E-state index contributed by atoms with van der Waals surface area (Å²) in [5.41, 5.74) is 3.91. The monoisotopic (exact) mass is 376 g/mol. The van der Waals surface area contributed by atoms with Gasteiger partial charge >= 0.3 is 0 Å². The van der Waals surface area contributed by atoms with E-state index in [1.807, 2.05) is 50.2 Å². The molecule has 2 aromatic carbocycles. The Kier molecular flexibility index (Phi) is 6.04. The number of halogens is 1. The van der Waals surface area contributed by atoms with E-state index in [1.54, 1.807) is 7.11 Å². The molecule has 2 aromatic rings. The third kappa shape index (κ3) is 4.99. The van der Waals surface area contributed by atoms with E-state index in [1.165, 1.54) is 0 Å². The molecule has 0 fully saturated rings. The predicted octanol–water partition coefficient (Wildman–Crippen LogP) is 4.52. The van der Waals surface area contributed by atoms with Gasteiger partial charge in [0.1, 0.15) is 5.75 Å². The van der Waals surface area contributed by atoms with E-state index in [0.717, 1.165) is 32.7 Å². The molecular formula is C18H21BrN2O2. The standard InChI is InChI=1S/C18H21BrN2O2/c1-12-4-7-17(23-3)16(10-12)20-9-8-18(22)21-15-6-5-14(19)11-13(15)2/h4-7,10-11,20H,8-9H2,1-3H3,(H,21,22). The van der Waals surface area contributed by atoms with Gasteiger partial charge in [-0.3, -0.25) is 4.79 Å². The Morgan fingerprint density at radius 3 is 2.61 bits per heavy atom. The van der Waals surface area contributed by atoms with Gasteiger partial charge in [0.2, 0.25) is 5.91 Å². The molecule has 0 heterocycles. The Morgan fingerprint density at radius 1 is 1.13 bits per heavy atom. The molecule has 0 radical (unpaired) electrons. The number of carbonyl (C=O) groups excluding carboxylic acids is 1. The fraction of sp³-hybridized carbons (Fsp3) is 0.278. The van der Waals surface area contributed by atoms with E-state index in [4.69, 9.17) is 4.74 Å². The molecule has 2 N–H and O–H groups in total. The minimum absolute atomic E-state index is 0.0189. The lowest BCUT2D eigenvalue weighted by Crippen LogP contribution is -2.17. The SMILES string of the molecule is COc1ccc(C)cc1NCCC(=O)Nc1ccc(Br)cc1C. The third-order valence-electron chi connectivity index (χ3n) is 3.49. The summed E-state index contributed by atoms with van der Waals surface area (Å²) in [4.78, 5) is 12.1. The molecule has 122 valence electrons. The maximum Gasteiger partial charge on any atom is 0.226 e. The normalized spacial score (nSPS) is 10.3. The number of anilines is 2. The van der Waals surface area contributed by atoms with Gasteiger partial charge in [-0.1, -0.05) is 22.0 Å². The van der Waals surface area contributed by atoms with Crippen LogP contribution in [0.4, 0.5) is 11.4 Å². The molecule has 0 saturated carbocycles. The molecule has 23 heavy (non-hydrogen) atoms. The van der Waals surface area contributed by atoms with Crippen molar-refractivity contribution in [2.45, 2.75) is 20.3 Å². The van der Waals surface area contributed by atoms with Crippen LogP contribution < -0.4 is 15.4 Å². The van der Waals surface area contributed by atoms with Crippen molar-refractivity contribution in [3.8, 4) is 5.75 Å². The number of hydrogen-bond donors (Lipinski definition) is 2. The predicted molar refractivity (Wildman–Crippen MR) is 98.3 cm³/mol. The zero-order valence-corrected chi connectivity index (χ0v) is 15.2. The number of amides is 1. The molecule has 0 unspecified atom stereocenters. The first-order valence-electron chi connectivity index (χ1n) is 7.44. The molecule has 5 heteroatoms. The Morgan fingerprint density at radius 2 is 1.91 bits per heavy atom. The molecule has 0 aliphatic rings. The summed E-state index contributed by atoms with van der Waals surface area (Å²) in [6.45, 7) is 4.53. The highest BCUT2D eigenvalue weighted by atomic mass is 79.9. The van der Waals surface area contributed by atoms with Gasteiger partial charge in [-0.25, -0.2) is 0 Å². The average molecular weight is 377 g/mol. The summed E-state index contributed by atoms with van der Waals surface area (Å²) in [5.74, 6) is 0.759. The van der Waals surface area contributed by atoms with Crippen molar-refractivity contribution in [3.05, 3.63) is 52.0 Å². The quantitative estimate of drug-likeness (QED) is 0.779. The molecule has 0 aliphatic carbocycles. The third-order valence-corrected chi connectivity index (χ3v) is 3.98. The molecule has 1 amide bonds. The number of nitrogens with one attached hydrogen (secondary N) is 2. The Labute approximate surface area is 145 Å². The van der Waals surface area contributed by atoms with Gasteiger partial charge in [-0.05, 0) is 55.3 Å². The highest BCUT2D eigenvalue weighted by Crippen LogP contribution is 2.25. The zero-order chi connectivity index (χ0) is 16.8. The maximum absolute atomic E-state index is 12.1. The van der Waals surface area contributed by atoms with Gasteiger partial charge in [0.25, 0.3) is 0 Å². The van der Waals surface area contributed by atoms with Crippen LogP contribution in [-0.4, -0.2) is 19.6 Å². The van der Waals surface area contributed by atoms with Crippen LogP contribution in [0.25, 0.3) is 0 Å². The molecule has 0 aromatic heterocycles. The van der Waals surface area contributed by atoms with E-state index in [-0.39, 0.29) is 5.91 Å². The summed E-state index contributed by atoms with van der Waals surface area (Å²) in [5, 5.41) is 6.18. The highest BCUT2D eigenvalue weighted by Gasteiger charge is 2.07. The second-order valence-corrected chi connectivity index (χ2v) is 6.30.